The predicted molar refractivity (Wildman–Crippen MR) is 90.0 cm³/mol. The van der Waals surface area contributed by atoms with E-state index in [9.17, 15) is 13.6 Å². The van der Waals surface area contributed by atoms with Crippen molar-refractivity contribution in [3.8, 4) is 5.88 Å². The van der Waals surface area contributed by atoms with Gasteiger partial charge in [-0.25, -0.2) is 4.98 Å². The Labute approximate surface area is 145 Å². The fraction of sp³-hybridized carbons (Fsp3) is 0.368. The maximum atomic E-state index is 12.6. The molecule has 1 atom stereocenters. The number of aromatic nitrogens is 1. The number of carbonyl (C=O) groups excluding carboxylic acids is 1. The monoisotopic (exact) mass is 346 g/mol. The second-order valence-electron chi connectivity index (χ2n) is 6.09. The van der Waals surface area contributed by atoms with Gasteiger partial charge in [0.1, 0.15) is 0 Å². The second kappa shape index (κ2) is 7.59. The average molecular weight is 346 g/mol. The number of ether oxygens (including phenoxy) is 1. The lowest BCUT2D eigenvalue weighted by atomic mass is 9.97. The average Bonchev–Trinajstić information content (AvgIpc) is 3.11. The standard InChI is InChI=1S/C19H20F2N2O2/c1-2-13-3-5-14(6-4-13)16-8-10-23(12-16)18(24)15-7-9-22-17(11-15)25-19(20)21/h3-7,9,11,16,19H,2,8,10,12H2,1H3. The molecule has 0 spiro atoms. The molecule has 0 saturated carbocycles. The third-order valence-corrected chi connectivity index (χ3v) is 4.53. The van der Waals surface area contributed by atoms with E-state index in [2.05, 4.69) is 40.9 Å². The van der Waals surface area contributed by atoms with Crippen molar-refractivity contribution >= 4 is 5.91 Å². The van der Waals surface area contributed by atoms with E-state index >= 15 is 0 Å². The molecule has 0 radical (unpaired) electrons. The summed E-state index contributed by atoms with van der Waals surface area (Å²) >= 11 is 0. The first-order valence-corrected chi connectivity index (χ1v) is 8.35. The number of rotatable bonds is 5. The van der Waals surface area contributed by atoms with E-state index in [0.29, 0.717) is 24.6 Å². The van der Waals surface area contributed by atoms with Crippen molar-refractivity contribution < 1.29 is 18.3 Å². The molecule has 1 aromatic heterocycles. The molecule has 25 heavy (non-hydrogen) atoms. The van der Waals surface area contributed by atoms with Gasteiger partial charge in [-0.15, -0.1) is 0 Å². The zero-order valence-corrected chi connectivity index (χ0v) is 14.0. The van der Waals surface area contributed by atoms with Crippen molar-refractivity contribution in [3.63, 3.8) is 0 Å². The molecule has 1 aliphatic heterocycles. The van der Waals surface area contributed by atoms with Gasteiger partial charge in [0.15, 0.2) is 0 Å². The predicted octanol–water partition coefficient (Wildman–Crippen LogP) is 3.88. The molecule has 1 amide bonds. The van der Waals surface area contributed by atoms with Crippen LogP contribution in [0.15, 0.2) is 42.6 Å². The van der Waals surface area contributed by atoms with Gasteiger partial charge in [-0.2, -0.15) is 8.78 Å². The summed E-state index contributed by atoms with van der Waals surface area (Å²) in [7, 11) is 0. The highest BCUT2D eigenvalue weighted by Crippen LogP contribution is 2.28. The van der Waals surface area contributed by atoms with Gasteiger partial charge in [0.25, 0.3) is 5.91 Å². The van der Waals surface area contributed by atoms with Crippen molar-refractivity contribution in [1.29, 1.82) is 0 Å². The molecule has 2 heterocycles. The van der Waals surface area contributed by atoms with Gasteiger partial charge < -0.3 is 9.64 Å². The third kappa shape index (κ3) is 4.13. The normalized spacial score (nSPS) is 17.1. The largest absolute Gasteiger partial charge is 0.417 e. The maximum absolute atomic E-state index is 12.6. The van der Waals surface area contributed by atoms with Crippen LogP contribution in [-0.4, -0.2) is 35.5 Å². The van der Waals surface area contributed by atoms with Crippen LogP contribution in [0, 0.1) is 0 Å². The zero-order valence-electron chi connectivity index (χ0n) is 14.0. The van der Waals surface area contributed by atoms with E-state index in [1.165, 1.54) is 29.5 Å². The molecule has 1 fully saturated rings. The van der Waals surface area contributed by atoms with Crippen LogP contribution in [0.1, 0.15) is 40.7 Å². The zero-order chi connectivity index (χ0) is 17.8. The minimum atomic E-state index is -2.96. The molecular weight excluding hydrogens is 326 g/mol. The summed E-state index contributed by atoms with van der Waals surface area (Å²) in [5.41, 5.74) is 2.83. The molecule has 4 nitrogen and oxygen atoms in total. The van der Waals surface area contributed by atoms with Crippen LogP contribution in [0.3, 0.4) is 0 Å². The third-order valence-electron chi connectivity index (χ3n) is 4.53. The lowest BCUT2D eigenvalue weighted by molar-refractivity contribution is -0.0529. The summed E-state index contributed by atoms with van der Waals surface area (Å²) in [5, 5.41) is 0. The van der Waals surface area contributed by atoms with Crippen LogP contribution in [0.5, 0.6) is 5.88 Å². The van der Waals surface area contributed by atoms with Gasteiger partial charge >= 0.3 is 6.61 Å². The molecule has 0 bridgehead atoms. The fourth-order valence-electron chi connectivity index (χ4n) is 3.12. The number of amides is 1. The van der Waals surface area contributed by atoms with Crippen LogP contribution in [0.25, 0.3) is 0 Å². The van der Waals surface area contributed by atoms with Crippen molar-refractivity contribution in [2.45, 2.75) is 32.3 Å². The van der Waals surface area contributed by atoms with E-state index in [4.69, 9.17) is 0 Å². The summed E-state index contributed by atoms with van der Waals surface area (Å²) in [6.07, 6.45) is 3.20. The Morgan fingerprint density at radius 3 is 2.76 bits per heavy atom. The SMILES string of the molecule is CCc1ccc(C2CCN(C(=O)c3ccnc(OC(F)F)c3)C2)cc1. The molecule has 1 saturated heterocycles. The molecule has 3 rings (SSSR count). The summed E-state index contributed by atoms with van der Waals surface area (Å²) < 4.78 is 28.8. The first kappa shape index (κ1) is 17.3. The van der Waals surface area contributed by atoms with E-state index < -0.39 is 6.61 Å². The molecule has 1 unspecified atom stereocenters. The molecule has 2 aromatic rings. The Kier molecular flexibility index (Phi) is 5.26. The highest BCUT2D eigenvalue weighted by atomic mass is 19.3. The molecule has 0 N–H and O–H groups in total. The smallest absolute Gasteiger partial charge is 0.388 e. The van der Waals surface area contributed by atoms with Gasteiger partial charge in [0.2, 0.25) is 5.88 Å². The van der Waals surface area contributed by atoms with Crippen molar-refractivity contribution in [2.24, 2.45) is 0 Å². The minimum absolute atomic E-state index is 0.186. The Morgan fingerprint density at radius 1 is 1.32 bits per heavy atom. The number of aryl methyl sites for hydroxylation is 1. The van der Waals surface area contributed by atoms with Gasteiger partial charge in [-0.05, 0) is 30.0 Å². The number of pyridine rings is 1. The summed E-state index contributed by atoms with van der Waals surface area (Å²) in [6, 6.07) is 11.3. The van der Waals surface area contributed by atoms with E-state index in [1.54, 1.807) is 4.90 Å². The molecule has 0 aliphatic carbocycles. The Bertz CT molecular complexity index is 734. The van der Waals surface area contributed by atoms with Crippen molar-refractivity contribution in [1.82, 2.24) is 9.88 Å². The second-order valence-corrected chi connectivity index (χ2v) is 6.09. The first-order chi connectivity index (χ1) is 12.1. The number of alkyl halides is 2. The Balaban J connectivity index is 1.67. The van der Waals surface area contributed by atoms with E-state index in [-0.39, 0.29) is 11.8 Å². The number of hydrogen-bond donors (Lipinski definition) is 0. The minimum Gasteiger partial charge on any atom is -0.417 e. The lowest BCUT2D eigenvalue weighted by Crippen LogP contribution is -2.28. The van der Waals surface area contributed by atoms with Crippen molar-refractivity contribution in [2.75, 3.05) is 13.1 Å². The molecular formula is C19H20F2N2O2. The number of nitrogens with zero attached hydrogens (tertiary/aromatic N) is 2. The van der Waals surface area contributed by atoms with E-state index in [1.807, 2.05) is 0 Å². The van der Waals surface area contributed by atoms with Crippen LogP contribution < -0.4 is 4.74 Å². The highest BCUT2D eigenvalue weighted by Gasteiger charge is 2.28. The van der Waals surface area contributed by atoms with Gasteiger partial charge in [-0.1, -0.05) is 31.2 Å². The quantitative estimate of drug-likeness (QED) is 0.825. The van der Waals surface area contributed by atoms with Crippen molar-refractivity contribution in [3.05, 3.63) is 59.3 Å². The topological polar surface area (TPSA) is 42.4 Å². The lowest BCUT2D eigenvalue weighted by Gasteiger charge is -2.17. The van der Waals surface area contributed by atoms with E-state index in [0.717, 1.165) is 12.8 Å². The summed E-state index contributed by atoms with van der Waals surface area (Å²) in [4.78, 5) is 18.1. The Hall–Kier alpha value is -2.50. The number of carbonyl (C=O) groups is 1. The van der Waals surface area contributed by atoms with Gasteiger partial charge in [0, 0.05) is 36.8 Å². The highest BCUT2D eigenvalue weighted by molar-refractivity contribution is 5.94. The maximum Gasteiger partial charge on any atom is 0.388 e. The fourth-order valence-corrected chi connectivity index (χ4v) is 3.12. The van der Waals surface area contributed by atoms with Crippen LogP contribution >= 0.6 is 0 Å². The van der Waals surface area contributed by atoms with Crippen LogP contribution in [0.4, 0.5) is 8.78 Å². The molecule has 1 aliphatic rings. The Morgan fingerprint density at radius 2 is 2.08 bits per heavy atom. The van der Waals surface area contributed by atoms with Gasteiger partial charge in [-0.3, -0.25) is 4.79 Å². The first-order valence-electron chi connectivity index (χ1n) is 8.35. The number of halogens is 2. The number of benzene rings is 1. The molecule has 132 valence electrons. The molecule has 6 heteroatoms. The summed E-state index contributed by atoms with van der Waals surface area (Å²) in [5.74, 6) is -0.130. The summed E-state index contributed by atoms with van der Waals surface area (Å²) in [6.45, 7) is 0.426. The van der Waals surface area contributed by atoms with Crippen LogP contribution in [0.2, 0.25) is 0 Å². The van der Waals surface area contributed by atoms with Gasteiger partial charge in [0.05, 0.1) is 0 Å². The van der Waals surface area contributed by atoms with Crippen LogP contribution in [-0.2, 0) is 6.42 Å². The number of hydrogen-bond acceptors (Lipinski definition) is 3. The molecule has 1 aromatic carbocycles. The number of likely N-dealkylation sites (tertiary alicyclic amines) is 1.